The molecule has 0 rings (SSSR count). The lowest BCUT2D eigenvalue weighted by Crippen LogP contribution is -2.25. The van der Waals surface area contributed by atoms with E-state index in [1.165, 1.54) is 0 Å². The Labute approximate surface area is 109 Å². The number of hydrogen-bond acceptors (Lipinski definition) is 5. The molecular weight excluding hydrogens is 278 g/mol. The van der Waals surface area contributed by atoms with Crippen molar-refractivity contribution in [3.8, 4) is 0 Å². The second-order valence-corrected chi connectivity index (χ2v) is 10.3. The van der Waals surface area contributed by atoms with Crippen molar-refractivity contribution >= 4 is 15.2 Å². The largest absolute Gasteiger partial charge is 0.343 e. The standard InChI is InChI=1S/C10H24O6P2/c1-9(2,3)15-18(13,16-10(4,5)6)8-17(11,12)14-7/h8H2,1-7H3,(H,11,12). The smallest absolute Gasteiger partial charge is 0.324 e. The predicted molar refractivity (Wildman–Crippen MR) is 71.0 cm³/mol. The zero-order valence-corrected chi connectivity index (χ0v) is 13.9. The fraction of sp³-hybridized carbons (Fsp3) is 1.00. The zero-order valence-electron chi connectivity index (χ0n) is 12.1. The molecule has 110 valence electrons. The van der Waals surface area contributed by atoms with Crippen molar-refractivity contribution in [2.75, 3.05) is 13.0 Å². The van der Waals surface area contributed by atoms with Gasteiger partial charge >= 0.3 is 15.2 Å². The van der Waals surface area contributed by atoms with Gasteiger partial charge in [-0.3, -0.25) is 9.13 Å². The predicted octanol–water partition coefficient (Wildman–Crippen LogP) is 3.60. The van der Waals surface area contributed by atoms with Crippen LogP contribution in [0.15, 0.2) is 0 Å². The average Bonchev–Trinajstić information content (AvgIpc) is 1.93. The third kappa shape index (κ3) is 8.41. The maximum Gasteiger partial charge on any atom is 0.343 e. The van der Waals surface area contributed by atoms with Gasteiger partial charge in [-0.25, -0.2) is 0 Å². The van der Waals surface area contributed by atoms with Gasteiger partial charge < -0.3 is 18.5 Å². The minimum absolute atomic E-state index is 0.662. The van der Waals surface area contributed by atoms with Crippen molar-refractivity contribution in [1.82, 2.24) is 0 Å². The van der Waals surface area contributed by atoms with E-state index in [-0.39, 0.29) is 0 Å². The summed E-state index contributed by atoms with van der Waals surface area (Å²) in [5, 5.41) is 0. The lowest BCUT2D eigenvalue weighted by Gasteiger charge is -2.32. The van der Waals surface area contributed by atoms with Crippen molar-refractivity contribution in [3.05, 3.63) is 0 Å². The second kappa shape index (κ2) is 5.74. The van der Waals surface area contributed by atoms with Gasteiger partial charge in [-0.2, -0.15) is 0 Å². The fourth-order valence-electron chi connectivity index (χ4n) is 1.19. The summed E-state index contributed by atoms with van der Waals surface area (Å²) in [6.07, 6.45) is 0. The topological polar surface area (TPSA) is 82.1 Å². The maximum atomic E-state index is 12.6. The Morgan fingerprint density at radius 1 is 0.944 bits per heavy atom. The molecule has 0 aromatic carbocycles. The van der Waals surface area contributed by atoms with Crippen LogP contribution in [0.3, 0.4) is 0 Å². The van der Waals surface area contributed by atoms with Crippen LogP contribution >= 0.6 is 15.2 Å². The molecule has 18 heavy (non-hydrogen) atoms. The third-order valence-corrected chi connectivity index (χ3v) is 6.50. The highest BCUT2D eigenvalue weighted by atomic mass is 31.2. The summed E-state index contributed by atoms with van der Waals surface area (Å²) >= 11 is 0. The van der Waals surface area contributed by atoms with Gasteiger partial charge in [-0.05, 0) is 41.5 Å². The van der Waals surface area contributed by atoms with Gasteiger partial charge in [0.05, 0.1) is 11.2 Å². The summed E-state index contributed by atoms with van der Waals surface area (Å²) in [6.45, 7) is 10.2. The summed E-state index contributed by atoms with van der Waals surface area (Å²) in [7, 11) is -6.64. The quantitative estimate of drug-likeness (QED) is 0.781. The van der Waals surface area contributed by atoms with Gasteiger partial charge in [0.2, 0.25) is 0 Å². The Morgan fingerprint density at radius 3 is 1.50 bits per heavy atom. The van der Waals surface area contributed by atoms with Crippen molar-refractivity contribution in [2.45, 2.75) is 52.7 Å². The molecule has 0 radical (unpaired) electrons. The van der Waals surface area contributed by atoms with Gasteiger partial charge in [-0.1, -0.05) is 0 Å². The van der Waals surface area contributed by atoms with Crippen molar-refractivity contribution < 1.29 is 27.6 Å². The van der Waals surface area contributed by atoms with Gasteiger partial charge in [0.15, 0.2) is 5.90 Å². The molecule has 0 spiro atoms. The highest BCUT2D eigenvalue weighted by molar-refractivity contribution is 7.71. The summed E-state index contributed by atoms with van der Waals surface area (Å²) in [4.78, 5) is 9.45. The van der Waals surface area contributed by atoms with E-state index in [0.29, 0.717) is 0 Å². The summed E-state index contributed by atoms with van der Waals surface area (Å²) in [5.74, 6) is -0.662. The van der Waals surface area contributed by atoms with Crippen LogP contribution in [0.4, 0.5) is 0 Å². The Hall–Kier alpha value is 0.300. The van der Waals surface area contributed by atoms with Crippen LogP contribution in [0.2, 0.25) is 0 Å². The molecule has 0 aromatic rings. The van der Waals surface area contributed by atoms with Crippen LogP contribution in [-0.2, 0) is 22.7 Å². The number of hydrogen-bond donors (Lipinski definition) is 1. The van der Waals surface area contributed by atoms with Crippen LogP contribution in [0, 0.1) is 0 Å². The van der Waals surface area contributed by atoms with E-state index in [1.54, 1.807) is 41.5 Å². The van der Waals surface area contributed by atoms with Crippen LogP contribution in [0.1, 0.15) is 41.5 Å². The van der Waals surface area contributed by atoms with Crippen LogP contribution in [0.5, 0.6) is 0 Å². The minimum atomic E-state index is -3.98. The van der Waals surface area contributed by atoms with E-state index in [2.05, 4.69) is 4.52 Å². The first-order valence-corrected chi connectivity index (χ1v) is 9.05. The zero-order chi connectivity index (χ0) is 14.8. The highest BCUT2D eigenvalue weighted by Gasteiger charge is 2.41. The molecule has 6 nitrogen and oxygen atoms in total. The van der Waals surface area contributed by atoms with Crippen LogP contribution < -0.4 is 0 Å². The lowest BCUT2D eigenvalue weighted by atomic mass is 10.2. The first-order valence-electron chi connectivity index (χ1n) is 5.56. The molecule has 0 fully saturated rings. The summed E-state index contributed by atoms with van der Waals surface area (Å²) in [5.41, 5.74) is -1.51. The minimum Gasteiger partial charge on any atom is -0.324 e. The molecular formula is C10H24O6P2. The van der Waals surface area contributed by atoms with Crippen molar-refractivity contribution in [2.24, 2.45) is 0 Å². The SMILES string of the molecule is COP(=O)(O)CP(=O)(OC(C)(C)C)OC(C)(C)C. The molecule has 0 aliphatic heterocycles. The Balaban J connectivity index is 5.18. The normalized spacial score (nSPS) is 17.6. The molecule has 0 aliphatic rings. The van der Waals surface area contributed by atoms with Gasteiger partial charge in [0.25, 0.3) is 0 Å². The van der Waals surface area contributed by atoms with E-state index in [1.807, 2.05) is 0 Å². The molecule has 0 amide bonds. The molecule has 0 saturated carbocycles. The molecule has 0 aliphatic carbocycles. The van der Waals surface area contributed by atoms with E-state index in [4.69, 9.17) is 9.05 Å². The Kier molecular flexibility index (Phi) is 5.83. The molecule has 1 N–H and O–H groups in total. The fourth-order valence-corrected chi connectivity index (χ4v) is 5.57. The Morgan fingerprint density at radius 2 is 1.28 bits per heavy atom. The lowest BCUT2D eigenvalue weighted by molar-refractivity contribution is 0.0506. The van der Waals surface area contributed by atoms with E-state index in [9.17, 15) is 14.0 Å². The third-order valence-electron chi connectivity index (χ3n) is 1.46. The van der Waals surface area contributed by atoms with Crippen molar-refractivity contribution in [3.63, 3.8) is 0 Å². The molecule has 0 aromatic heterocycles. The average molecular weight is 302 g/mol. The van der Waals surface area contributed by atoms with Crippen LogP contribution in [0.25, 0.3) is 0 Å². The maximum absolute atomic E-state index is 12.6. The summed E-state index contributed by atoms with van der Waals surface area (Å²) in [6, 6.07) is 0. The summed E-state index contributed by atoms with van der Waals surface area (Å²) < 4.78 is 39.3. The molecule has 0 heterocycles. The second-order valence-electron chi connectivity index (χ2n) is 5.98. The van der Waals surface area contributed by atoms with Crippen LogP contribution in [-0.4, -0.2) is 29.1 Å². The van der Waals surface area contributed by atoms with Gasteiger partial charge in [0, 0.05) is 7.11 Å². The molecule has 0 saturated heterocycles. The van der Waals surface area contributed by atoms with E-state index < -0.39 is 32.3 Å². The Bertz CT molecular complexity index is 346. The molecule has 1 atom stereocenters. The highest BCUT2D eigenvalue weighted by Crippen LogP contribution is 2.64. The van der Waals surface area contributed by atoms with Gasteiger partial charge in [-0.15, -0.1) is 0 Å². The van der Waals surface area contributed by atoms with E-state index in [0.717, 1.165) is 7.11 Å². The molecule has 1 unspecified atom stereocenters. The molecule has 0 bridgehead atoms. The van der Waals surface area contributed by atoms with Crippen molar-refractivity contribution in [1.29, 1.82) is 0 Å². The number of rotatable bonds is 5. The first kappa shape index (κ1) is 18.3. The molecule has 8 heteroatoms. The first-order chi connectivity index (χ1) is 7.68. The monoisotopic (exact) mass is 302 g/mol. The van der Waals surface area contributed by atoms with E-state index >= 15 is 0 Å². The van der Waals surface area contributed by atoms with Gasteiger partial charge in [0.1, 0.15) is 0 Å².